The van der Waals surface area contributed by atoms with Crippen LogP contribution in [0.25, 0.3) is 0 Å². The highest BCUT2D eigenvalue weighted by atomic mass is 15.1. The Balaban J connectivity index is 2.46. The van der Waals surface area contributed by atoms with Crippen molar-refractivity contribution in [3.8, 4) is 0 Å². The maximum Gasteiger partial charge on any atom is 0.0252 e. The van der Waals surface area contributed by atoms with Crippen molar-refractivity contribution in [3.05, 3.63) is 12.3 Å². The van der Waals surface area contributed by atoms with Crippen LogP contribution in [0.4, 0.5) is 0 Å². The second-order valence-corrected chi connectivity index (χ2v) is 2.83. The van der Waals surface area contributed by atoms with Crippen molar-refractivity contribution >= 4 is 0 Å². The van der Waals surface area contributed by atoms with Crippen molar-refractivity contribution in [2.45, 2.75) is 32.2 Å². The van der Waals surface area contributed by atoms with Crippen molar-refractivity contribution in [2.24, 2.45) is 0 Å². The van der Waals surface area contributed by atoms with Gasteiger partial charge in [0.15, 0.2) is 0 Å². The Hall–Kier alpha value is -0.460. The third kappa shape index (κ3) is 1.74. The molecule has 0 N–H and O–H groups in total. The molecule has 0 aromatic rings. The molecule has 0 saturated carbocycles. The molecule has 9 heavy (non-hydrogen) atoms. The standard InChI is InChI=1S/C8H15N/c1-8-6-4-3-5-7-9(8)2/h5,7-8H,3-4,6H2,1-2H3. The molecule has 1 aliphatic rings. The van der Waals surface area contributed by atoms with E-state index < -0.39 is 0 Å². The van der Waals surface area contributed by atoms with Crippen molar-refractivity contribution < 1.29 is 0 Å². The van der Waals surface area contributed by atoms with Crippen LogP contribution in [-0.4, -0.2) is 18.0 Å². The summed E-state index contributed by atoms with van der Waals surface area (Å²) in [7, 11) is 2.15. The molecule has 1 rings (SSSR count). The van der Waals surface area contributed by atoms with E-state index in [2.05, 4.69) is 31.1 Å². The van der Waals surface area contributed by atoms with Gasteiger partial charge in [0.25, 0.3) is 0 Å². The summed E-state index contributed by atoms with van der Waals surface area (Å²) in [4.78, 5) is 2.28. The molecule has 0 aromatic heterocycles. The minimum atomic E-state index is 0.740. The second kappa shape index (κ2) is 2.90. The van der Waals surface area contributed by atoms with E-state index in [1.165, 1.54) is 19.3 Å². The highest BCUT2D eigenvalue weighted by Gasteiger charge is 2.05. The lowest BCUT2D eigenvalue weighted by atomic mass is 10.1. The van der Waals surface area contributed by atoms with E-state index in [9.17, 15) is 0 Å². The molecule has 0 aromatic carbocycles. The van der Waals surface area contributed by atoms with E-state index in [4.69, 9.17) is 0 Å². The molecular weight excluding hydrogens is 110 g/mol. The Morgan fingerprint density at radius 1 is 1.56 bits per heavy atom. The number of allylic oxidation sites excluding steroid dienone is 1. The SMILES string of the molecule is CC1CCCC=CN1C. The lowest BCUT2D eigenvalue weighted by Crippen LogP contribution is -2.21. The molecule has 1 heteroatoms. The van der Waals surface area contributed by atoms with E-state index >= 15 is 0 Å². The predicted molar refractivity (Wildman–Crippen MR) is 40.2 cm³/mol. The normalized spacial score (nSPS) is 28.2. The van der Waals surface area contributed by atoms with Crippen molar-refractivity contribution in [1.29, 1.82) is 0 Å². The molecule has 1 aliphatic heterocycles. The fraction of sp³-hybridized carbons (Fsp3) is 0.750. The molecular formula is C8H15N. The Labute approximate surface area is 57.4 Å². The lowest BCUT2D eigenvalue weighted by Gasteiger charge is -2.20. The smallest absolute Gasteiger partial charge is 0.0252 e. The zero-order chi connectivity index (χ0) is 6.69. The predicted octanol–water partition coefficient (Wildman–Crippen LogP) is 2.00. The number of nitrogens with zero attached hydrogens (tertiary/aromatic N) is 1. The molecule has 0 radical (unpaired) electrons. The van der Waals surface area contributed by atoms with Crippen LogP contribution in [0.1, 0.15) is 26.2 Å². The van der Waals surface area contributed by atoms with Crippen LogP contribution in [0.5, 0.6) is 0 Å². The molecule has 0 bridgehead atoms. The summed E-state index contributed by atoms with van der Waals surface area (Å²) < 4.78 is 0. The molecule has 1 nitrogen and oxygen atoms in total. The van der Waals surface area contributed by atoms with Crippen LogP contribution >= 0.6 is 0 Å². The Morgan fingerprint density at radius 2 is 2.33 bits per heavy atom. The van der Waals surface area contributed by atoms with Crippen LogP contribution in [0.3, 0.4) is 0 Å². The van der Waals surface area contributed by atoms with Gasteiger partial charge in [0, 0.05) is 13.1 Å². The van der Waals surface area contributed by atoms with Crippen LogP contribution < -0.4 is 0 Å². The molecule has 0 fully saturated rings. The first-order chi connectivity index (χ1) is 4.30. The van der Waals surface area contributed by atoms with Crippen LogP contribution in [0, 0.1) is 0 Å². The topological polar surface area (TPSA) is 3.24 Å². The van der Waals surface area contributed by atoms with Crippen molar-refractivity contribution in [2.75, 3.05) is 7.05 Å². The minimum absolute atomic E-state index is 0.740. The van der Waals surface area contributed by atoms with Gasteiger partial charge in [-0.05, 0) is 32.4 Å². The molecule has 52 valence electrons. The largest absolute Gasteiger partial charge is 0.378 e. The second-order valence-electron chi connectivity index (χ2n) is 2.83. The van der Waals surface area contributed by atoms with E-state index in [1.54, 1.807) is 0 Å². The maximum absolute atomic E-state index is 2.28. The van der Waals surface area contributed by atoms with Crippen LogP contribution in [0.15, 0.2) is 12.3 Å². The van der Waals surface area contributed by atoms with Gasteiger partial charge in [0.2, 0.25) is 0 Å². The van der Waals surface area contributed by atoms with E-state index in [-0.39, 0.29) is 0 Å². The summed E-state index contributed by atoms with van der Waals surface area (Å²) in [5, 5.41) is 0. The van der Waals surface area contributed by atoms with Crippen molar-refractivity contribution in [1.82, 2.24) is 4.90 Å². The first-order valence-electron chi connectivity index (χ1n) is 3.69. The summed E-state index contributed by atoms with van der Waals surface area (Å²) >= 11 is 0. The summed E-state index contributed by atoms with van der Waals surface area (Å²) in [5.74, 6) is 0. The molecule has 1 atom stereocenters. The zero-order valence-electron chi connectivity index (χ0n) is 6.30. The van der Waals surface area contributed by atoms with Gasteiger partial charge >= 0.3 is 0 Å². The highest BCUT2D eigenvalue weighted by molar-refractivity contribution is 4.86. The van der Waals surface area contributed by atoms with E-state index in [0.29, 0.717) is 0 Å². The lowest BCUT2D eigenvalue weighted by molar-refractivity contribution is 0.338. The average Bonchev–Trinajstić information content (AvgIpc) is 1.99. The summed E-state index contributed by atoms with van der Waals surface area (Å²) in [6.07, 6.45) is 8.39. The van der Waals surface area contributed by atoms with Gasteiger partial charge in [-0.2, -0.15) is 0 Å². The van der Waals surface area contributed by atoms with Gasteiger partial charge in [0.1, 0.15) is 0 Å². The molecule has 0 amide bonds. The molecule has 0 spiro atoms. The van der Waals surface area contributed by atoms with E-state index in [1.807, 2.05) is 0 Å². The highest BCUT2D eigenvalue weighted by Crippen LogP contribution is 2.11. The third-order valence-corrected chi connectivity index (χ3v) is 2.03. The van der Waals surface area contributed by atoms with Crippen LogP contribution in [-0.2, 0) is 0 Å². The minimum Gasteiger partial charge on any atom is -0.378 e. The van der Waals surface area contributed by atoms with Gasteiger partial charge in [-0.25, -0.2) is 0 Å². The first kappa shape index (κ1) is 6.66. The van der Waals surface area contributed by atoms with Gasteiger partial charge in [-0.1, -0.05) is 6.08 Å². The zero-order valence-corrected chi connectivity index (χ0v) is 6.30. The van der Waals surface area contributed by atoms with Gasteiger partial charge in [0.05, 0.1) is 0 Å². The fourth-order valence-electron chi connectivity index (χ4n) is 1.12. The molecule has 0 saturated heterocycles. The summed E-state index contributed by atoms with van der Waals surface area (Å²) in [6.45, 7) is 2.27. The quantitative estimate of drug-likeness (QED) is 0.478. The van der Waals surface area contributed by atoms with Gasteiger partial charge < -0.3 is 4.90 Å². The van der Waals surface area contributed by atoms with Gasteiger partial charge in [-0.15, -0.1) is 0 Å². The average molecular weight is 125 g/mol. The van der Waals surface area contributed by atoms with Crippen LogP contribution in [0.2, 0.25) is 0 Å². The summed E-state index contributed by atoms with van der Waals surface area (Å²) in [5.41, 5.74) is 0. The maximum atomic E-state index is 2.28. The van der Waals surface area contributed by atoms with Crippen molar-refractivity contribution in [3.63, 3.8) is 0 Å². The Kier molecular flexibility index (Phi) is 2.15. The number of hydrogen-bond donors (Lipinski definition) is 0. The first-order valence-corrected chi connectivity index (χ1v) is 3.69. The molecule has 1 heterocycles. The number of hydrogen-bond acceptors (Lipinski definition) is 1. The van der Waals surface area contributed by atoms with E-state index in [0.717, 1.165) is 6.04 Å². The Bertz CT molecular complexity index is 107. The Morgan fingerprint density at radius 3 is 3.11 bits per heavy atom. The molecule has 1 unspecified atom stereocenters. The molecule has 0 aliphatic carbocycles. The third-order valence-electron chi connectivity index (χ3n) is 2.03. The summed E-state index contributed by atoms with van der Waals surface area (Å²) in [6, 6.07) is 0.740. The fourth-order valence-corrected chi connectivity index (χ4v) is 1.12. The number of rotatable bonds is 0. The monoisotopic (exact) mass is 125 g/mol. The van der Waals surface area contributed by atoms with Gasteiger partial charge in [-0.3, -0.25) is 0 Å².